The van der Waals surface area contributed by atoms with E-state index in [0.29, 0.717) is 11.4 Å². The minimum atomic E-state index is -0.344. The summed E-state index contributed by atoms with van der Waals surface area (Å²) in [6.45, 7) is -0.131. The highest BCUT2D eigenvalue weighted by atomic mass is 19.1. The van der Waals surface area contributed by atoms with Crippen molar-refractivity contribution in [2.45, 2.75) is 0 Å². The Balaban J connectivity index is 1.83. The Morgan fingerprint density at radius 3 is 2.50 bits per heavy atom. The second-order valence-corrected chi connectivity index (χ2v) is 3.53. The number of benzene rings is 1. The number of nitrogens with zero attached hydrogens (tertiary/aromatic N) is 1. The van der Waals surface area contributed by atoms with Crippen LogP contribution in [-0.2, 0) is 4.79 Å². The molecule has 18 heavy (non-hydrogen) atoms. The third-order valence-corrected chi connectivity index (χ3v) is 2.15. The van der Waals surface area contributed by atoms with Gasteiger partial charge < -0.3 is 10.1 Å². The summed E-state index contributed by atoms with van der Waals surface area (Å²) in [4.78, 5) is 15.4. The number of anilines is 1. The van der Waals surface area contributed by atoms with E-state index in [2.05, 4.69) is 10.3 Å². The molecule has 2 rings (SSSR count). The molecule has 0 spiro atoms. The molecule has 0 aliphatic rings. The Morgan fingerprint density at radius 2 is 1.83 bits per heavy atom. The molecule has 92 valence electrons. The first-order valence-electron chi connectivity index (χ1n) is 5.32. The minimum Gasteiger partial charge on any atom is -0.484 e. The molecule has 1 aromatic heterocycles. The maximum absolute atomic E-state index is 12.6. The fraction of sp³-hybridized carbons (Fsp3) is 0.0769. The van der Waals surface area contributed by atoms with Gasteiger partial charge in [-0.1, -0.05) is 0 Å². The van der Waals surface area contributed by atoms with Crippen molar-refractivity contribution < 1.29 is 13.9 Å². The monoisotopic (exact) mass is 246 g/mol. The molecule has 1 aromatic carbocycles. The van der Waals surface area contributed by atoms with Gasteiger partial charge in [0.1, 0.15) is 11.6 Å². The Hall–Kier alpha value is -2.43. The smallest absolute Gasteiger partial charge is 0.262 e. The zero-order valence-corrected chi connectivity index (χ0v) is 9.47. The van der Waals surface area contributed by atoms with E-state index in [0.717, 1.165) is 0 Å². The summed E-state index contributed by atoms with van der Waals surface area (Å²) in [6, 6.07) is 8.84. The van der Waals surface area contributed by atoms with Crippen LogP contribution < -0.4 is 10.1 Å². The Morgan fingerprint density at radius 1 is 1.17 bits per heavy atom. The molecular formula is C13H11FN2O2. The molecule has 0 atom stereocenters. The topological polar surface area (TPSA) is 51.2 Å². The number of ether oxygens (including phenoxy) is 1. The lowest BCUT2D eigenvalue weighted by Gasteiger charge is -2.07. The first-order chi connectivity index (χ1) is 8.74. The highest BCUT2D eigenvalue weighted by molar-refractivity contribution is 5.91. The molecule has 0 saturated heterocycles. The van der Waals surface area contributed by atoms with Crippen LogP contribution in [0.25, 0.3) is 0 Å². The van der Waals surface area contributed by atoms with Crippen molar-refractivity contribution in [1.82, 2.24) is 4.98 Å². The van der Waals surface area contributed by atoms with Crippen LogP contribution in [0, 0.1) is 5.82 Å². The summed E-state index contributed by atoms with van der Waals surface area (Å²) < 4.78 is 17.8. The summed E-state index contributed by atoms with van der Waals surface area (Å²) in [6.07, 6.45) is 3.16. The fourth-order valence-electron chi connectivity index (χ4n) is 1.31. The number of carbonyl (C=O) groups excluding carboxylic acids is 1. The molecule has 1 heterocycles. The number of rotatable bonds is 4. The van der Waals surface area contributed by atoms with E-state index in [1.807, 2.05) is 0 Å². The molecule has 0 fully saturated rings. The number of halogens is 1. The molecule has 5 heteroatoms. The van der Waals surface area contributed by atoms with E-state index in [-0.39, 0.29) is 18.3 Å². The molecule has 0 aliphatic carbocycles. The van der Waals surface area contributed by atoms with Gasteiger partial charge in [0.2, 0.25) is 0 Å². The number of carbonyl (C=O) groups is 1. The number of aromatic nitrogens is 1. The number of hydrogen-bond acceptors (Lipinski definition) is 3. The molecular weight excluding hydrogens is 235 g/mol. The van der Waals surface area contributed by atoms with Crippen LogP contribution in [0.3, 0.4) is 0 Å². The molecule has 0 bridgehead atoms. The lowest BCUT2D eigenvalue weighted by atomic mass is 10.3. The zero-order chi connectivity index (χ0) is 12.8. The molecule has 0 aliphatic heterocycles. The van der Waals surface area contributed by atoms with E-state index in [1.165, 1.54) is 24.3 Å². The molecule has 0 unspecified atom stereocenters. The lowest BCUT2D eigenvalue weighted by Crippen LogP contribution is -2.20. The van der Waals surface area contributed by atoms with Gasteiger partial charge >= 0.3 is 0 Å². The number of nitrogens with one attached hydrogen (secondary N) is 1. The van der Waals surface area contributed by atoms with Gasteiger partial charge in [-0.15, -0.1) is 0 Å². The van der Waals surface area contributed by atoms with Gasteiger partial charge in [-0.2, -0.15) is 0 Å². The third kappa shape index (κ3) is 3.55. The quantitative estimate of drug-likeness (QED) is 0.900. The zero-order valence-electron chi connectivity index (χ0n) is 9.47. The highest BCUT2D eigenvalue weighted by Gasteiger charge is 2.03. The largest absolute Gasteiger partial charge is 0.484 e. The first-order valence-corrected chi connectivity index (χ1v) is 5.32. The van der Waals surface area contributed by atoms with Crippen molar-refractivity contribution in [2.75, 3.05) is 11.9 Å². The first kappa shape index (κ1) is 12.0. The van der Waals surface area contributed by atoms with Gasteiger partial charge in [0.25, 0.3) is 5.91 Å². The van der Waals surface area contributed by atoms with Gasteiger partial charge in [-0.05, 0) is 36.4 Å². The standard InChI is InChI=1S/C13H11FN2O2/c14-10-1-3-12(4-2-10)18-9-13(17)16-11-5-7-15-8-6-11/h1-8H,9H2,(H,15,16,17). The molecule has 2 aromatic rings. The number of pyridine rings is 1. The number of amides is 1. The van der Waals surface area contributed by atoms with Crippen LogP contribution in [0.5, 0.6) is 5.75 Å². The van der Waals surface area contributed by atoms with Crippen LogP contribution in [0.2, 0.25) is 0 Å². The second-order valence-electron chi connectivity index (χ2n) is 3.53. The normalized spacial score (nSPS) is 9.83. The average Bonchev–Trinajstić information content (AvgIpc) is 2.39. The van der Waals surface area contributed by atoms with E-state index < -0.39 is 0 Å². The molecule has 1 N–H and O–H groups in total. The van der Waals surface area contributed by atoms with Crippen LogP contribution >= 0.6 is 0 Å². The fourth-order valence-corrected chi connectivity index (χ4v) is 1.31. The third-order valence-electron chi connectivity index (χ3n) is 2.15. The summed E-state index contributed by atoms with van der Waals surface area (Å²) in [5.74, 6) is -0.185. The van der Waals surface area contributed by atoms with Crippen molar-refractivity contribution in [3.63, 3.8) is 0 Å². The Bertz CT molecular complexity index is 514. The van der Waals surface area contributed by atoms with Crippen molar-refractivity contribution in [3.8, 4) is 5.75 Å². The predicted octanol–water partition coefficient (Wildman–Crippen LogP) is 2.24. The Labute approximate surface area is 103 Å². The van der Waals surface area contributed by atoms with Crippen LogP contribution in [0.15, 0.2) is 48.8 Å². The van der Waals surface area contributed by atoms with E-state index in [9.17, 15) is 9.18 Å². The molecule has 0 radical (unpaired) electrons. The molecule has 0 saturated carbocycles. The van der Waals surface area contributed by atoms with Crippen molar-refractivity contribution in [2.24, 2.45) is 0 Å². The predicted molar refractivity (Wildman–Crippen MR) is 64.8 cm³/mol. The Kier molecular flexibility index (Phi) is 3.86. The molecule has 1 amide bonds. The van der Waals surface area contributed by atoms with Crippen LogP contribution in [-0.4, -0.2) is 17.5 Å². The van der Waals surface area contributed by atoms with E-state index in [4.69, 9.17) is 4.74 Å². The van der Waals surface area contributed by atoms with E-state index in [1.54, 1.807) is 24.5 Å². The SMILES string of the molecule is O=C(COc1ccc(F)cc1)Nc1ccncc1. The second kappa shape index (κ2) is 5.77. The number of hydrogen-bond donors (Lipinski definition) is 1. The van der Waals surface area contributed by atoms with Crippen LogP contribution in [0.1, 0.15) is 0 Å². The maximum atomic E-state index is 12.6. The summed E-state index contributed by atoms with van der Waals surface area (Å²) >= 11 is 0. The lowest BCUT2D eigenvalue weighted by molar-refractivity contribution is -0.118. The highest BCUT2D eigenvalue weighted by Crippen LogP contribution is 2.11. The average molecular weight is 246 g/mol. The van der Waals surface area contributed by atoms with Gasteiger partial charge in [0.05, 0.1) is 0 Å². The van der Waals surface area contributed by atoms with Crippen molar-refractivity contribution in [1.29, 1.82) is 0 Å². The summed E-state index contributed by atoms with van der Waals surface area (Å²) in [7, 11) is 0. The van der Waals surface area contributed by atoms with Crippen LogP contribution in [0.4, 0.5) is 10.1 Å². The van der Waals surface area contributed by atoms with E-state index >= 15 is 0 Å². The minimum absolute atomic E-state index is 0.131. The van der Waals surface area contributed by atoms with Gasteiger partial charge in [-0.25, -0.2) is 4.39 Å². The molecule has 4 nitrogen and oxygen atoms in total. The maximum Gasteiger partial charge on any atom is 0.262 e. The summed E-state index contributed by atoms with van der Waals surface area (Å²) in [5, 5.41) is 2.65. The van der Waals surface area contributed by atoms with Gasteiger partial charge in [0, 0.05) is 18.1 Å². The van der Waals surface area contributed by atoms with Gasteiger partial charge in [0.15, 0.2) is 6.61 Å². The summed E-state index contributed by atoms with van der Waals surface area (Å²) in [5.41, 5.74) is 0.651. The van der Waals surface area contributed by atoms with Crippen molar-refractivity contribution in [3.05, 3.63) is 54.6 Å². The van der Waals surface area contributed by atoms with Crippen molar-refractivity contribution >= 4 is 11.6 Å². The van der Waals surface area contributed by atoms with Gasteiger partial charge in [-0.3, -0.25) is 9.78 Å².